The lowest BCUT2D eigenvalue weighted by Crippen LogP contribution is -2.56. The van der Waals surface area contributed by atoms with Crippen molar-refractivity contribution in [2.75, 3.05) is 26.8 Å². The molecule has 11 heteroatoms. The van der Waals surface area contributed by atoms with Crippen molar-refractivity contribution >= 4 is 22.8 Å². The average molecular weight is 541 g/mol. The van der Waals surface area contributed by atoms with Crippen molar-refractivity contribution in [1.29, 1.82) is 0 Å². The van der Waals surface area contributed by atoms with E-state index in [9.17, 15) is 24.2 Å². The van der Waals surface area contributed by atoms with Crippen LogP contribution in [0.25, 0.3) is 22.2 Å². The molecule has 2 amide bonds. The van der Waals surface area contributed by atoms with E-state index in [1.54, 1.807) is 25.3 Å². The highest BCUT2D eigenvalue weighted by molar-refractivity contribution is 6.10. The number of likely N-dealkylation sites (tertiary alicyclic amines) is 1. The number of benzene rings is 1. The molecule has 10 nitrogen and oxygen atoms in total. The number of nitrogens with one attached hydrogen (secondary N) is 2. The van der Waals surface area contributed by atoms with Gasteiger partial charge < -0.3 is 34.9 Å². The molecule has 4 N–H and O–H groups in total. The molecule has 2 aliphatic rings. The number of β-amino-alcohol motifs (C(OH)–C–C–N with tert-alkyl or cyclic N) is 1. The van der Waals surface area contributed by atoms with Crippen LogP contribution in [0.5, 0.6) is 11.5 Å². The van der Waals surface area contributed by atoms with Crippen molar-refractivity contribution in [2.24, 2.45) is 5.92 Å². The smallest absolute Gasteiger partial charge is 0.255 e. The number of H-pyrrole nitrogens is 1. The maximum Gasteiger partial charge on any atom is 0.255 e. The van der Waals surface area contributed by atoms with Gasteiger partial charge in [0.2, 0.25) is 0 Å². The molecule has 3 heterocycles. The Morgan fingerprint density at radius 2 is 2.03 bits per heavy atom. The molecule has 5 rings (SSSR count). The molecule has 0 spiro atoms. The summed E-state index contributed by atoms with van der Waals surface area (Å²) in [4.78, 5) is 34.6. The number of pyridine rings is 1. The molecule has 39 heavy (non-hydrogen) atoms. The Morgan fingerprint density at radius 3 is 2.69 bits per heavy atom. The van der Waals surface area contributed by atoms with Gasteiger partial charge in [-0.2, -0.15) is 0 Å². The fraction of sp³-hybridized carbons (Fsp3) is 0.464. The topological polar surface area (TPSA) is 137 Å². The zero-order valence-electron chi connectivity index (χ0n) is 22.2. The normalized spacial score (nSPS) is 20.1. The van der Waals surface area contributed by atoms with E-state index in [4.69, 9.17) is 9.47 Å². The third-order valence-corrected chi connectivity index (χ3v) is 7.39. The number of aliphatic hydroxyl groups excluding tert-OH is 2. The Balaban J connectivity index is 1.44. The Morgan fingerprint density at radius 1 is 1.26 bits per heavy atom. The molecule has 1 aliphatic carbocycles. The predicted octanol–water partition coefficient (Wildman–Crippen LogP) is 2.55. The number of rotatable bonds is 8. The van der Waals surface area contributed by atoms with E-state index in [1.165, 1.54) is 25.0 Å². The van der Waals surface area contributed by atoms with Crippen LogP contribution in [-0.2, 0) is 4.79 Å². The molecule has 208 valence electrons. The van der Waals surface area contributed by atoms with Crippen LogP contribution in [0.1, 0.15) is 42.2 Å². The molecule has 1 saturated carbocycles. The van der Waals surface area contributed by atoms with Crippen LogP contribution in [0, 0.1) is 18.7 Å². The minimum absolute atomic E-state index is 0.0139. The molecule has 1 aromatic carbocycles. The van der Waals surface area contributed by atoms with Crippen LogP contribution in [0.4, 0.5) is 4.39 Å². The fourth-order valence-electron chi connectivity index (χ4n) is 5.03. The van der Waals surface area contributed by atoms with Crippen LogP contribution in [-0.4, -0.2) is 82.0 Å². The summed E-state index contributed by atoms with van der Waals surface area (Å²) < 4.78 is 25.8. The first-order valence-corrected chi connectivity index (χ1v) is 13.1. The Kier molecular flexibility index (Phi) is 7.46. The van der Waals surface area contributed by atoms with Gasteiger partial charge >= 0.3 is 0 Å². The quantitative estimate of drug-likeness (QED) is 0.345. The second-order valence-corrected chi connectivity index (χ2v) is 10.3. The number of carbonyl (C=O) groups excluding carboxylic acids is 2. The van der Waals surface area contributed by atoms with Gasteiger partial charge in [-0.15, -0.1) is 0 Å². The van der Waals surface area contributed by atoms with Crippen molar-refractivity contribution in [3.05, 3.63) is 41.5 Å². The van der Waals surface area contributed by atoms with Crippen LogP contribution >= 0.6 is 0 Å². The number of aromatic nitrogens is 2. The summed E-state index contributed by atoms with van der Waals surface area (Å²) >= 11 is 0. The number of hydrogen-bond acceptors (Lipinski definition) is 7. The number of fused-ring (bicyclic) bond motifs is 1. The lowest BCUT2D eigenvalue weighted by molar-refractivity contribution is -0.142. The zero-order chi connectivity index (χ0) is 27.8. The van der Waals surface area contributed by atoms with Crippen molar-refractivity contribution < 1.29 is 33.7 Å². The third kappa shape index (κ3) is 5.41. The maximum absolute atomic E-state index is 14.6. The highest BCUT2D eigenvalue weighted by atomic mass is 19.1. The second-order valence-electron chi connectivity index (χ2n) is 10.3. The minimum Gasteiger partial charge on any atom is -0.494 e. The molecule has 0 radical (unpaired) electrons. The molecule has 0 bridgehead atoms. The van der Waals surface area contributed by atoms with Crippen molar-refractivity contribution in [1.82, 2.24) is 20.2 Å². The summed E-state index contributed by atoms with van der Waals surface area (Å²) in [6, 6.07) is 4.10. The summed E-state index contributed by atoms with van der Waals surface area (Å²) in [5.41, 5.74) is 3.21. The molecular formula is C28H33FN4O6. The van der Waals surface area contributed by atoms with Gasteiger partial charge in [-0.25, -0.2) is 4.39 Å². The highest BCUT2D eigenvalue weighted by Gasteiger charge is 2.33. The predicted molar refractivity (Wildman–Crippen MR) is 141 cm³/mol. The lowest BCUT2D eigenvalue weighted by Gasteiger charge is -2.36. The number of aliphatic hydroxyl groups is 2. The summed E-state index contributed by atoms with van der Waals surface area (Å²) in [7, 11) is 1.40. The van der Waals surface area contributed by atoms with Gasteiger partial charge in [-0.3, -0.25) is 14.6 Å². The number of carbonyl (C=O) groups is 2. The Bertz CT molecular complexity index is 1400. The van der Waals surface area contributed by atoms with Crippen molar-refractivity contribution in [3.63, 3.8) is 0 Å². The molecule has 1 saturated heterocycles. The summed E-state index contributed by atoms with van der Waals surface area (Å²) in [5, 5.41) is 23.1. The fourth-order valence-corrected chi connectivity index (χ4v) is 5.03. The van der Waals surface area contributed by atoms with Crippen LogP contribution in [0.3, 0.4) is 0 Å². The average Bonchev–Trinajstić information content (AvgIpc) is 3.67. The van der Waals surface area contributed by atoms with Gasteiger partial charge in [-0.05, 0) is 51.2 Å². The van der Waals surface area contributed by atoms with E-state index in [2.05, 4.69) is 15.3 Å². The number of nitrogens with zero attached hydrogens (tertiary/aromatic N) is 2. The first-order valence-electron chi connectivity index (χ1n) is 13.1. The number of hydrogen-bond donors (Lipinski definition) is 4. The van der Waals surface area contributed by atoms with E-state index in [1.807, 2.05) is 0 Å². The minimum atomic E-state index is -1.15. The molecular weight excluding hydrogens is 507 g/mol. The van der Waals surface area contributed by atoms with Crippen LogP contribution in [0.2, 0.25) is 0 Å². The zero-order valence-corrected chi connectivity index (χ0v) is 22.2. The number of methoxy groups -OCH3 is 1. The number of aryl methyl sites for hydroxylation is 1. The SMILES string of the molecule is COc1cc(-c2ccnc3c(C(=O)N[C@H]4CCN(C(=O)[C@H](C)O)C[C@H]4O)c(C)[nH]c23)c(OCC2CC2)cc1F. The number of aromatic amines is 1. The Hall–Kier alpha value is -3.70. The molecule has 2 fully saturated rings. The largest absolute Gasteiger partial charge is 0.494 e. The summed E-state index contributed by atoms with van der Waals surface area (Å²) in [5.74, 6) is -0.474. The third-order valence-electron chi connectivity index (χ3n) is 7.39. The molecule has 0 unspecified atom stereocenters. The molecule has 3 atom stereocenters. The highest BCUT2D eigenvalue weighted by Crippen LogP contribution is 2.40. The first kappa shape index (κ1) is 26.9. The van der Waals surface area contributed by atoms with Crippen LogP contribution < -0.4 is 14.8 Å². The Labute approximate surface area is 225 Å². The monoisotopic (exact) mass is 540 g/mol. The van der Waals surface area contributed by atoms with Gasteiger partial charge in [-0.1, -0.05) is 0 Å². The van der Waals surface area contributed by atoms with Crippen molar-refractivity contribution in [3.8, 4) is 22.6 Å². The molecule has 3 aromatic rings. The maximum atomic E-state index is 14.6. The number of ether oxygens (including phenoxy) is 2. The van der Waals surface area contributed by atoms with E-state index < -0.39 is 35.9 Å². The van der Waals surface area contributed by atoms with Gasteiger partial charge in [0.25, 0.3) is 11.8 Å². The standard InChI is InChI=1S/C28H33FN4O6/c1-14-24(27(36)32-20-7-9-33(12-21(20)35)28(37)15(2)34)26-25(31-14)17(6-8-30-26)18-10-23(38-3)19(29)11-22(18)39-13-16-4-5-16/h6,8,10-11,15-16,20-21,31,34-35H,4-5,7,9,12-13H2,1-3H3,(H,32,36)/t15-,20-,21+/m0/s1. The number of halogens is 1. The summed E-state index contributed by atoms with van der Waals surface area (Å²) in [6.07, 6.45) is 1.95. The lowest BCUT2D eigenvalue weighted by atomic mass is 10.00. The van der Waals surface area contributed by atoms with Crippen molar-refractivity contribution in [2.45, 2.75) is 51.4 Å². The van der Waals surface area contributed by atoms with Gasteiger partial charge in [0.15, 0.2) is 11.6 Å². The van der Waals surface area contributed by atoms with E-state index in [0.29, 0.717) is 64.7 Å². The first-order chi connectivity index (χ1) is 18.7. The van der Waals surface area contributed by atoms with E-state index >= 15 is 0 Å². The van der Waals surface area contributed by atoms with E-state index in [-0.39, 0.29) is 12.3 Å². The number of amides is 2. The van der Waals surface area contributed by atoms with Gasteiger partial charge in [0.05, 0.1) is 36.9 Å². The molecule has 1 aliphatic heterocycles. The van der Waals surface area contributed by atoms with E-state index in [0.717, 1.165) is 12.8 Å². The van der Waals surface area contributed by atoms with Crippen LogP contribution in [0.15, 0.2) is 24.4 Å². The van der Waals surface area contributed by atoms with Gasteiger partial charge in [0.1, 0.15) is 17.4 Å². The second kappa shape index (κ2) is 10.8. The molecule has 2 aromatic heterocycles. The number of piperidine rings is 1. The summed E-state index contributed by atoms with van der Waals surface area (Å²) in [6.45, 7) is 3.95. The van der Waals surface area contributed by atoms with Gasteiger partial charge in [0, 0.05) is 42.2 Å².